The summed E-state index contributed by atoms with van der Waals surface area (Å²) in [6.45, 7) is 1.22. The Bertz CT molecular complexity index is 630. The van der Waals surface area contributed by atoms with E-state index in [0.29, 0.717) is 17.9 Å². The van der Waals surface area contributed by atoms with E-state index in [1.54, 1.807) is 19.2 Å². The fraction of sp³-hybridized carbons (Fsp3) is 0.235. The van der Waals surface area contributed by atoms with Gasteiger partial charge in [-0.25, -0.2) is 0 Å². The summed E-state index contributed by atoms with van der Waals surface area (Å²) in [5, 5.41) is 11.9. The smallest absolute Gasteiger partial charge is 0.161 e. The first kappa shape index (κ1) is 14.9. The van der Waals surface area contributed by atoms with E-state index >= 15 is 0 Å². The second-order valence-electron chi connectivity index (χ2n) is 4.61. The lowest BCUT2D eigenvalue weighted by atomic mass is 10.1. The van der Waals surface area contributed by atoms with Crippen LogP contribution < -0.4 is 14.8 Å². The monoisotopic (exact) mass is 282 g/mol. The third-order valence-electron chi connectivity index (χ3n) is 3.09. The quantitative estimate of drug-likeness (QED) is 0.885. The molecular formula is C17H18N2O2. The molecule has 0 radical (unpaired) electrons. The van der Waals surface area contributed by atoms with Gasteiger partial charge in [-0.05, 0) is 42.4 Å². The molecule has 0 aromatic heterocycles. The Kier molecular flexibility index (Phi) is 5.19. The van der Waals surface area contributed by atoms with Gasteiger partial charge in [0.2, 0.25) is 0 Å². The first-order valence-corrected chi connectivity index (χ1v) is 6.70. The fourth-order valence-corrected chi connectivity index (χ4v) is 1.98. The van der Waals surface area contributed by atoms with Gasteiger partial charge in [0.15, 0.2) is 11.5 Å². The van der Waals surface area contributed by atoms with Crippen molar-refractivity contribution in [2.75, 3.05) is 14.2 Å². The van der Waals surface area contributed by atoms with Crippen molar-refractivity contribution in [1.82, 2.24) is 5.32 Å². The van der Waals surface area contributed by atoms with Gasteiger partial charge in [0.1, 0.15) is 6.61 Å². The average Bonchev–Trinajstić information content (AvgIpc) is 2.54. The molecule has 0 unspecified atom stereocenters. The molecule has 0 saturated carbocycles. The Hall–Kier alpha value is -2.51. The maximum Gasteiger partial charge on any atom is 0.161 e. The number of rotatable bonds is 6. The average molecular weight is 282 g/mol. The third kappa shape index (κ3) is 3.98. The molecular weight excluding hydrogens is 264 g/mol. The van der Waals surface area contributed by atoms with E-state index in [0.717, 1.165) is 23.4 Å². The molecule has 0 saturated heterocycles. The first-order valence-electron chi connectivity index (χ1n) is 6.70. The maximum atomic E-state index is 8.77. The molecule has 0 heterocycles. The Morgan fingerprint density at radius 2 is 1.76 bits per heavy atom. The van der Waals surface area contributed by atoms with Gasteiger partial charge < -0.3 is 14.8 Å². The molecule has 108 valence electrons. The number of nitrogens with zero attached hydrogens (tertiary/aromatic N) is 1. The van der Waals surface area contributed by atoms with E-state index in [4.69, 9.17) is 14.7 Å². The van der Waals surface area contributed by atoms with Gasteiger partial charge in [-0.1, -0.05) is 18.2 Å². The minimum atomic E-state index is 0.438. The van der Waals surface area contributed by atoms with Crippen LogP contribution in [0.5, 0.6) is 11.5 Å². The molecule has 0 amide bonds. The van der Waals surface area contributed by atoms with Crippen LogP contribution >= 0.6 is 0 Å². The molecule has 0 aliphatic rings. The van der Waals surface area contributed by atoms with Crippen molar-refractivity contribution in [3.63, 3.8) is 0 Å². The van der Waals surface area contributed by atoms with E-state index in [1.807, 2.05) is 37.4 Å². The van der Waals surface area contributed by atoms with Gasteiger partial charge in [0, 0.05) is 6.54 Å². The fourth-order valence-electron chi connectivity index (χ4n) is 1.98. The number of benzene rings is 2. The first-order chi connectivity index (χ1) is 10.3. The largest absolute Gasteiger partial charge is 0.493 e. The van der Waals surface area contributed by atoms with Crippen molar-refractivity contribution in [2.45, 2.75) is 13.2 Å². The van der Waals surface area contributed by atoms with Crippen LogP contribution in [0.2, 0.25) is 0 Å². The van der Waals surface area contributed by atoms with Crippen LogP contribution in [0.25, 0.3) is 0 Å². The van der Waals surface area contributed by atoms with E-state index in [2.05, 4.69) is 11.4 Å². The minimum Gasteiger partial charge on any atom is -0.493 e. The highest BCUT2D eigenvalue weighted by Gasteiger charge is 2.06. The van der Waals surface area contributed by atoms with E-state index in [-0.39, 0.29) is 0 Å². The summed E-state index contributed by atoms with van der Waals surface area (Å²) in [6, 6.07) is 15.3. The number of nitrogens with one attached hydrogen (secondary N) is 1. The molecule has 4 nitrogen and oxygen atoms in total. The van der Waals surface area contributed by atoms with E-state index in [9.17, 15) is 0 Å². The van der Waals surface area contributed by atoms with Gasteiger partial charge in [0.25, 0.3) is 0 Å². The molecule has 0 bridgehead atoms. The second kappa shape index (κ2) is 7.32. The molecule has 0 spiro atoms. The Morgan fingerprint density at radius 3 is 2.38 bits per heavy atom. The maximum absolute atomic E-state index is 8.77. The topological polar surface area (TPSA) is 54.3 Å². The summed E-state index contributed by atoms with van der Waals surface area (Å²) in [5.41, 5.74) is 2.79. The van der Waals surface area contributed by atoms with Crippen molar-refractivity contribution in [1.29, 1.82) is 5.26 Å². The number of ether oxygens (including phenoxy) is 2. The summed E-state index contributed by atoms with van der Waals surface area (Å²) < 4.78 is 11.2. The highest BCUT2D eigenvalue weighted by atomic mass is 16.5. The lowest BCUT2D eigenvalue weighted by Crippen LogP contribution is -2.05. The van der Waals surface area contributed by atoms with Gasteiger partial charge in [-0.15, -0.1) is 0 Å². The van der Waals surface area contributed by atoms with Crippen LogP contribution in [0, 0.1) is 11.3 Å². The van der Waals surface area contributed by atoms with Crippen LogP contribution in [0.3, 0.4) is 0 Å². The molecule has 1 N–H and O–H groups in total. The van der Waals surface area contributed by atoms with Crippen LogP contribution in [-0.2, 0) is 13.2 Å². The SMILES string of the molecule is CNCc1ccc(OCc2ccc(C#N)cc2)c(OC)c1. The van der Waals surface area contributed by atoms with Crippen molar-refractivity contribution < 1.29 is 9.47 Å². The molecule has 0 atom stereocenters. The number of methoxy groups -OCH3 is 1. The molecule has 0 fully saturated rings. The number of hydrogen-bond acceptors (Lipinski definition) is 4. The zero-order valence-corrected chi connectivity index (χ0v) is 12.2. The van der Waals surface area contributed by atoms with Gasteiger partial charge >= 0.3 is 0 Å². The van der Waals surface area contributed by atoms with E-state index in [1.165, 1.54) is 0 Å². The van der Waals surface area contributed by atoms with Crippen molar-refractivity contribution >= 4 is 0 Å². The van der Waals surface area contributed by atoms with E-state index < -0.39 is 0 Å². The molecule has 21 heavy (non-hydrogen) atoms. The molecule has 2 aromatic carbocycles. The zero-order valence-electron chi connectivity index (χ0n) is 12.2. The Morgan fingerprint density at radius 1 is 1.05 bits per heavy atom. The predicted molar refractivity (Wildman–Crippen MR) is 81.2 cm³/mol. The number of hydrogen-bond donors (Lipinski definition) is 1. The summed E-state index contributed by atoms with van der Waals surface area (Å²) in [4.78, 5) is 0. The highest BCUT2D eigenvalue weighted by Crippen LogP contribution is 2.28. The molecule has 0 aliphatic carbocycles. The van der Waals surface area contributed by atoms with Gasteiger partial charge in [-0.3, -0.25) is 0 Å². The lowest BCUT2D eigenvalue weighted by molar-refractivity contribution is 0.284. The lowest BCUT2D eigenvalue weighted by Gasteiger charge is -2.12. The van der Waals surface area contributed by atoms with Gasteiger partial charge in [-0.2, -0.15) is 5.26 Å². The minimum absolute atomic E-state index is 0.438. The molecule has 0 aliphatic heterocycles. The number of nitriles is 1. The second-order valence-corrected chi connectivity index (χ2v) is 4.61. The summed E-state index contributed by atoms with van der Waals surface area (Å²) in [5.74, 6) is 1.43. The molecule has 2 aromatic rings. The highest BCUT2D eigenvalue weighted by molar-refractivity contribution is 5.43. The molecule has 2 rings (SSSR count). The van der Waals surface area contributed by atoms with Crippen molar-refractivity contribution in [3.05, 3.63) is 59.2 Å². The van der Waals surface area contributed by atoms with Crippen LogP contribution in [0.4, 0.5) is 0 Å². The zero-order chi connectivity index (χ0) is 15.1. The molecule has 4 heteroatoms. The van der Waals surface area contributed by atoms with Gasteiger partial charge in [0.05, 0.1) is 18.7 Å². The van der Waals surface area contributed by atoms with Crippen LogP contribution in [0.1, 0.15) is 16.7 Å². The van der Waals surface area contributed by atoms with Crippen molar-refractivity contribution in [2.24, 2.45) is 0 Å². The van der Waals surface area contributed by atoms with Crippen molar-refractivity contribution in [3.8, 4) is 17.6 Å². The summed E-state index contributed by atoms with van der Waals surface area (Å²) in [7, 11) is 3.54. The van der Waals surface area contributed by atoms with Crippen LogP contribution in [0.15, 0.2) is 42.5 Å². The summed E-state index contributed by atoms with van der Waals surface area (Å²) in [6.07, 6.45) is 0. The standard InChI is InChI=1S/C17H18N2O2/c1-19-11-15-7-8-16(17(9-15)20-2)21-12-14-5-3-13(10-18)4-6-14/h3-9,19H,11-12H2,1-2H3. The third-order valence-corrected chi connectivity index (χ3v) is 3.09. The Labute approximate surface area is 124 Å². The van der Waals surface area contributed by atoms with Crippen LogP contribution in [-0.4, -0.2) is 14.2 Å². The Balaban J connectivity index is 2.06. The normalized spacial score (nSPS) is 9.95. The predicted octanol–water partition coefficient (Wildman–Crippen LogP) is 2.87. The summed E-state index contributed by atoms with van der Waals surface area (Å²) >= 11 is 0.